The third-order valence-corrected chi connectivity index (χ3v) is 4.30. The van der Waals surface area contributed by atoms with Crippen LogP contribution in [0.2, 0.25) is 5.02 Å². The summed E-state index contributed by atoms with van der Waals surface area (Å²) in [6.07, 6.45) is 0. The number of halogens is 4. The maximum absolute atomic E-state index is 14.4. The molecule has 0 saturated heterocycles. The second-order valence-corrected chi connectivity index (χ2v) is 6.24. The molecular weight excluding hydrogens is 409 g/mol. The Morgan fingerprint density at radius 3 is 2.45 bits per heavy atom. The maximum Gasteiger partial charge on any atom is 0.360 e. The van der Waals surface area contributed by atoms with Crippen LogP contribution in [0.3, 0.4) is 0 Å². The number of carbonyl (C=O) groups is 1. The van der Waals surface area contributed by atoms with Crippen LogP contribution in [0, 0.1) is 17.5 Å². The maximum atomic E-state index is 14.4. The van der Waals surface area contributed by atoms with Crippen molar-refractivity contribution in [2.24, 2.45) is 0 Å². The van der Waals surface area contributed by atoms with E-state index >= 15 is 0 Å². The molecule has 0 aliphatic carbocycles. The van der Waals surface area contributed by atoms with Crippen molar-refractivity contribution in [2.45, 2.75) is 6.92 Å². The summed E-state index contributed by atoms with van der Waals surface area (Å²) in [6.45, 7) is 2.41. The first-order valence-electron chi connectivity index (χ1n) is 8.67. The number of esters is 1. The van der Waals surface area contributed by atoms with Gasteiger partial charge in [0.1, 0.15) is 34.8 Å². The molecule has 0 fully saturated rings. The second kappa shape index (κ2) is 9.11. The molecule has 2 aromatic carbocycles. The Labute approximate surface area is 169 Å². The molecule has 3 rings (SSSR count). The van der Waals surface area contributed by atoms with Crippen molar-refractivity contribution in [3.63, 3.8) is 0 Å². The van der Waals surface area contributed by atoms with E-state index in [1.807, 2.05) is 0 Å². The van der Waals surface area contributed by atoms with Crippen LogP contribution in [0.15, 0.2) is 42.5 Å². The van der Waals surface area contributed by atoms with Gasteiger partial charge in [0.25, 0.3) is 0 Å². The molecule has 0 bridgehead atoms. The average molecular weight is 425 g/mol. The van der Waals surface area contributed by atoms with Gasteiger partial charge in [0.05, 0.1) is 12.3 Å². The first-order chi connectivity index (χ1) is 13.9. The fourth-order valence-corrected chi connectivity index (χ4v) is 2.92. The van der Waals surface area contributed by atoms with Gasteiger partial charge < -0.3 is 9.47 Å². The van der Waals surface area contributed by atoms with E-state index in [-0.39, 0.29) is 35.3 Å². The molecule has 5 nitrogen and oxygen atoms in total. The predicted molar refractivity (Wildman–Crippen MR) is 101 cm³/mol. The van der Waals surface area contributed by atoms with Gasteiger partial charge in [-0.1, -0.05) is 11.6 Å². The first kappa shape index (κ1) is 20.9. The molecule has 0 saturated carbocycles. The molecule has 0 atom stereocenters. The predicted octanol–water partition coefficient (Wildman–Crippen LogP) is 4.80. The highest BCUT2D eigenvalue weighted by Gasteiger charge is 2.26. The smallest absolute Gasteiger partial charge is 0.360 e. The Balaban J connectivity index is 2.09. The van der Waals surface area contributed by atoms with Gasteiger partial charge in [-0.25, -0.2) is 22.6 Å². The van der Waals surface area contributed by atoms with Gasteiger partial charge in [-0.15, -0.1) is 0 Å². The second-order valence-electron chi connectivity index (χ2n) is 5.86. The van der Waals surface area contributed by atoms with E-state index in [4.69, 9.17) is 21.1 Å². The lowest BCUT2D eigenvalue weighted by molar-refractivity contribution is 0.0329. The largest absolute Gasteiger partial charge is 0.458 e. The minimum atomic E-state index is -0.853. The van der Waals surface area contributed by atoms with Gasteiger partial charge in [0.15, 0.2) is 5.69 Å². The Bertz CT molecular complexity index is 1020. The zero-order valence-corrected chi connectivity index (χ0v) is 16.0. The number of carbonyl (C=O) groups excluding carboxylic acids is 1. The highest BCUT2D eigenvalue weighted by molar-refractivity contribution is 6.35. The van der Waals surface area contributed by atoms with Crippen molar-refractivity contribution < 1.29 is 27.4 Å². The molecule has 3 aromatic rings. The Morgan fingerprint density at radius 1 is 1.07 bits per heavy atom. The molecule has 0 aliphatic heterocycles. The summed E-state index contributed by atoms with van der Waals surface area (Å²) in [5.41, 5.74) is -0.111. The lowest BCUT2D eigenvalue weighted by Crippen LogP contribution is -2.12. The number of ether oxygens (including phenoxy) is 2. The third kappa shape index (κ3) is 4.60. The highest BCUT2D eigenvalue weighted by atomic mass is 35.5. The highest BCUT2D eigenvalue weighted by Crippen LogP contribution is 2.34. The molecule has 0 unspecified atom stereocenters. The van der Waals surface area contributed by atoms with Gasteiger partial charge in [-0.2, -0.15) is 5.10 Å². The van der Waals surface area contributed by atoms with Crippen LogP contribution in [0.5, 0.6) is 0 Å². The molecule has 0 amide bonds. The molecule has 0 N–H and O–H groups in total. The molecule has 152 valence electrons. The van der Waals surface area contributed by atoms with Crippen LogP contribution in [0.1, 0.15) is 17.4 Å². The summed E-state index contributed by atoms with van der Waals surface area (Å²) in [6, 6.07) is 7.90. The zero-order chi connectivity index (χ0) is 21.0. The quantitative estimate of drug-likeness (QED) is 0.404. The lowest BCUT2D eigenvalue weighted by atomic mass is 10.1. The van der Waals surface area contributed by atoms with Crippen LogP contribution < -0.4 is 0 Å². The summed E-state index contributed by atoms with van der Waals surface area (Å²) >= 11 is 6.36. The topological polar surface area (TPSA) is 53.4 Å². The van der Waals surface area contributed by atoms with Crippen LogP contribution >= 0.6 is 11.6 Å². The number of rotatable bonds is 7. The van der Waals surface area contributed by atoms with E-state index in [0.29, 0.717) is 12.2 Å². The van der Waals surface area contributed by atoms with E-state index in [1.165, 1.54) is 24.3 Å². The van der Waals surface area contributed by atoms with Gasteiger partial charge in [0.2, 0.25) is 0 Å². The van der Waals surface area contributed by atoms with Crippen LogP contribution in [0.4, 0.5) is 13.2 Å². The van der Waals surface area contributed by atoms with Gasteiger partial charge >= 0.3 is 5.97 Å². The molecule has 1 aromatic heterocycles. The number of benzene rings is 2. The standard InChI is InChI=1S/C20H16ClF3N2O3/c1-2-28-9-10-29-20(27)18-17(21)19(12-3-5-13(22)6-4-12)26(25-18)16-11-14(23)7-8-15(16)24/h3-8,11H,2,9-10H2,1H3. The normalized spacial score (nSPS) is 10.9. The van der Waals surface area contributed by atoms with E-state index < -0.39 is 23.4 Å². The number of hydrogen-bond donors (Lipinski definition) is 0. The van der Waals surface area contributed by atoms with Crippen molar-refractivity contribution in [3.8, 4) is 16.9 Å². The minimum Gasteiger partial charge on any atom is -0.458 e. The monoisotopic (exact) mass is 424 g/mol. The Hall–Kier alpha value is -2.84. The van der Waals surface area contributed by atoms with Crippen molar-refractivity contribution in [2.75, 3.05) is 19.8 Å². The molecule has 9 heteroatoms. The SMILES string of the molecule is CCOCCOC(=O)c1nn(-c2cc(F)ccc2F)c(-c2ccc(F)cc2)c1Cl. The Morgan fingerprint density at radius 2 is 1.76 bits per heavy atom. The number of nitrogens with zero attached hydrogens (tertiary/aromatic N) is 2. The van der Waals surface area contributed by atoms with E-state index in [0.717, 1.165) is 22.9 Å². The summed E-state index contributed by atoms with van der Waals surface area (Å²) < 4.78 is 52.6. The Kier molecular flexibility index (Phi) is 6.56. The zero-order valence-electron chi connectivity index (χ0n) is 15.3. The number of hydrogen-bond acceptors (Lipinski definition) is 4. The summed E-state index contributed by atoms with van der Waals surface area (Å²) in [4.78, 5) is 12.4. The van der Waals surface area contributed by atoms with Crippen molar-refractivity contribution in [1.29, 1.82) is 0 Å². The minimum absolute atomic E-state index is 0.0317. The number of aromatic nitrogens is 2. The van der Waals surface area contributed by atoms with Gasteiger partial charge in [-0.3, -0.25) is 0 Å². The molecular formula is C20H16ClF3N2O3. The lowest BCUT2D eigenvalue weighted by Gasteiger charge is -2.09. The molecule has 0 aliphatic rings. The van der Waals surface area contributed by atoms with Gasteiger partial charge in [0, 0.05) is 18.2 Å². The summed E-state index contributed by atoms with van der Waals surface area (Å²) in [7, 11) is 0. The molecule has 1 heterocycles. The molecule has 0 radical (unpaired) electrons. The third-order valence-electron chi connectivity index (χ3n) is 3.94. The summed E-state index contributed by atoms with van der Waals surface area (Å²) in [5.74, 6) is -2.85. The van der Waals surface area contributed by atoms with E-state index in [1.54, 1.807) is 6.92 Å². The average Bonchev–Trinajstić information content (AvgIpc) is 3.05. The van der Waals surface area contributed by atoms with Crippen molar-refractivity contribution >= 4 is 17.6 Å². The van der Waals surface area contributed by atoms with E-state index in [2.05, 4.69) is 5.10 Å². The fraction of sp³-hybridized carbons (Fsp3) is 0.200. The molecule has 29 heavy (non-hydrogen) atoms. The van der Waals surface area contributed by atoms with Crippen molar-refractivity contribution in [3.05, 3.63) is 70.6 Å². The van der Waals surface area contributed by atoms with Crippen LogP contribution in [-0.2, 0) is 9.47 Å². The van der Waals surface area contributed by atoms with Crippen LogP contribution in [-0.4, -0.2) is 35.6 Å². The van der Waals surface area contributed by atoms with Crippen LogP contribution in [0.25, 0.3) is 16.9 Å². The molecule has 0 spiro atoms. The van der Waals surface area contributed by atoms with E-state index in [9.17, 15) is 18.0 Å². The van der Waals surface area contributed by atoms with Gasteiger partial charge in [-0.05, 0) is 43.3 Å². The summed E-state index contributed by atoms with van der Waals surface area (Å²) in [5, 5.41) is 3.91. The fourth-order valence-electron chi connectivity index (χ4n) is 2.61. The van der Waals surface area contributed by atoms with Crippen molar-refractivity contribution in [1.82, 2.24) is 9.78 Å². The first-order valence-corrected chi connectivity index (χ1v) is 9.05.